The molecule has 0 saturated heterocycles. The lowest BCUT2D eigenvalue weighted by Crippen LogP contribution is -2.07. The molecule has 2 rings (SSSR count). The summed E-state index contributed by atoms with van der Waals surface area (Å²) in [5, 5.41) is 1.09. The second-order valence-corrected chi connectivity index (χ2v) is 4.20. The molecule has 1 N–H and O–H groups in total. The number of pyridine rings is 1. The van der Waals surface area contributed by atoms with E-state index >= 15 is 0 Å². The highest BCUT2D eigenvalue weighted by molar-refractivity contribution is 9.10. The number of aromatic nitrogens is 2. The van der Waals surface area contributed by atoms with Crippen molar-refractivity contribution in [2.45, 2.75) is 0 Å². The molecule has 0 aliphatic carbocycles. The van der Waals surface area contributed by atoms with Crippen LogP contribution in [0, 0.1) is 0 Å². The van der Waals surface area contributed by atoms with E-state index in [4.69, 9.17) is 0 Å². The molecule has 0 unspecified atom stereocenters. The molecule has 78 valence electrons. The highest BCUT2D eigenvalue weighted by Crippen LogP contribution is 2.30. The van der Waals surface area contributed by atoms with Crippen LogP contribution in [0.15, 0.2) is 27.9 Å². The molecule has 5 heteroatoms. The van der Waals surface area contributed by atoms with Crippen molar-refractivity contribution in [2.24, 2.45) is 4.99 Å². The Morgan fingerprint density at radius 2 is 2.33 bits per heavy atom. The molecule has 0 atom stereocenters. The van der Waals surface area contributed by atoms with Crippen LogP contribution < -0.4 is 0 Å². The van der Waals surface area contributed by atoms with Gasteiger partial charge < -0.3 is 9.88 Å². The summed E-state index contributed by atoms with van der Waals surface area (Å²) in [5.41, 5.74) is 1.01. The SMILES string of the molecule is CN(C)/C=N\c1ncc2[nH]ccc2c1Br. The Balaban J connectivity index is 2.48. The van der Waals surface area contributed by atoms with E-state index in [-0.39, 0.29) is 0 Å². The maximum atomic E-state index is 4.26. The van der Waals surface area contributed by atoms with Crippen molar-refractivity contribution < 1.29 is 0 Å². The number of nitrogens with one attached hydrogen (secondary N) is 1. The minimum atomic E-state index is 0.691. The molecule has 2 aromatic heterocycles. The third-order valence-electron chi connectivity index (χ3n) is 1.94. The average molecular weight is 267 g/mol. The summed E-state index contributed by atoms with van der Waals surface area (Å²) in [6.07, 6.45) is 5.39. The minimum Gasteiger partial charge on any atom is -0.369 e. The average Bonchev–Trinajstić information content (AvgIpc) is 2.65. The van der Waals surface area contributed by atoms with Crippen molar-refractivity contribution >= 4 is 39.0 Å². The summed E-state index contributed by atoms with van der Waals surface area (Å²) < 4.78 is 0.916. The highest BCUT2D eigenvalue weighted by Gasteiger charge is 2.05. The van der Waals surface area contributed by atoms with Crippen molar-refractivity contribution in [1.29, 1.82) is 0 Å². The van der Waals surface area contributed by atoms with Crippen molar-refractivity contribution in [3.8, 4) is 0 Å². The predicted octanol–water partition coefficient (Wildman–Crippen LogP) is 2.55. The van der Waals surface area contributed by atoms with Gasteiger partial charge >= 0.3 is 0 Å². The summed E-state index contributed by atoms with van der Waals surface area (Å²) in [6.45, 7) is 0. The summed E-state index contributed by atoms with van der Waals surface area (Å²) >= 11 is 3.50. The molecular formula is C10H11BrN4. The second kappa shape index (κ2) is 4.02. The first-order chi connectivity index (χ1) is 7.18. The Kier molecular flexibility index (Phi) is 2.73. The number of H-pyrrole nitrogens is 1. The van der Waals surface area contributed by atoms with E-state index in [2.05, 4.69) is 30.9 Å². The number of nitrogens with zero attached hydrogens (tertiary/aromatic N) is 3. The molecule has 0 spiro atoms. The molecule has 0 aliphatic rings. The van der Waals surface area contributed by atoms with Gasteiger partial charge in [-0.15, -0.1) is 0 Å². The van der Waals surface area contributed by atoms with E-state index in [1.165, 1.54) is 0 Å². The third kappa shape index (κ3) is 2.02. The van der Waals surface area contributed by atoms with Crippen LogP contribution in [0.5, 0.6) is 0 Å². The van der Waals surface area contributed by atoms with Crippen LogP contribution in [-0.4, -0.2) is 35.3 Å². The monoisotopic (exact) mass is 266 g/mol. The summed E-state index contributed by atoms with van der Waals surface area (Å²) in [7, 11) is 3.85. The Labute approximate surface area is 96.2 Å². The maximum absolute atomic E-state index is 4.26. The molecular weight excluding hydrogens is 256 g/mol. The van der Waals surface area contributed by atoms with Gasteiger partial charge in [0, 0.05) is 25.7 Å². The number of fused-ring (bicyclic) bond motifs is 1. The molecule has 4 nitrogen and oxygen atoms in total. The molecule has 2 heterocycles. The lowest BCUT2D eigenvalue weighted by molar-refractivity contribution is 0.643. The van der Waals surface area contributed by atoms with Gasteiger partial charge in [-0.3, -0.25) is 0 Å². The van der Waals surface area contributed by atoms with Crippen LogP contribution in [-0.2, 0) is 0 Å². The number of hydrogen-bond acceptors (Lipinski definition) is 2. The van der Waals surface area contributed by atoms with E-state index < -0.39 is 0 Å². The standard InChI is InChI=1S/C10H11BrN4/c1-15(2)6-14-10-9(11)7-3-4-12-8(7)5-13-10/h3-6,12H,1-2H3/b14-6-. The molecule has 0 saturated carbocycles. The van der Waals surface area contributed by atoms with E-state index in [0.29, 0.717) is 5.82 Å². The van der Waals surface area contributed by atoms with Gasteiger partial charge in [-0.05, 0) is 22.0 Å². The summed E-state index contributed by atoms with van der Waals surface area (Å²) in [4.78, 5) is 13.5. The number of rotatable bonds is 2. The zero-order valence-corrected chi connectivity index (χ0v) is 10.1. The second-order valence-electron chi connectivity index (χ2n) is 3.41. The Hall–Kier alpha value is -1.36. The van der Waals surface area contributed by atoms with Gasteiger partial charge in [0.15, 0.2) is 5.82 Å². The van der Waals surface area contributed by atoms with Crippen molar-refractivity contribution in [1.82, 2.24) is 14.9 Å². The van der Waals surface area contributed by atoms with E-state index in [1.54, 1.807) is 12.5 Å². The Morgan fingerprint density at radius 3 is 3.07 bits per heavy atom. The van der Waals surface area contributed by atoms with Crippen LogP contribution in [0.3, 0.4) is 0 Å². The van der Waals surface area contributed by atoms with Crippen LogP contribution >= 0.6 is 15.9 Å². The van der Waals surface area contributed by atoms with Crippen LogP contribution in [0.1, 0.15) is 0 Å². The maximum Gasteiger partial charge on any atom is 0.168 e. The number of halogens is 1. The molecule has 0 aliphatic heterocycles. The molecule has 15 heavy (non-hydrogen) atoms. The molecule has 0 amide bonds. The zero-order chi connectivity index (χ0) is 10.8. The zero-order valence-electron chi connectivity index (χ0n) is 8.53. The third-order valence-corrected chi connectivity index (χ3v) is 2.72. The van der Waals surface area contributed by atoms with Gasteiger partial charge in [0.1, 0.15) is 0 Å². The minimum absolute atomic E-state index is 0.691. The first-order valence-corrected chi connectivity index (χ1v) is 5.30. The largest absolute Gasteiger partial charge is 0.369 e. The predicted molar refractivity (Wildman–Crippen MR) is 65.6 cm³/mol. The highest BCUT2D eigenvalue weighted by atomic mass is 79.9. The fourth-order valence-electron chi connectivity index (χ4n) is 1.24. The number of aliphatic imine (C=N–C) groups is 1. The van der Waals surface area contributed by atoms with Gasteiger partial charge in [0.25, 0.3) is 0 Å². The quantitative estimate of drug-likeness (QED) is 0.671. The van der Waals surface area contributed by atoms with Gasteiger partial charge in [-0.25, -0.2) is 9.98 Å². The van der Waals surface area contributed by atoms with Crippen LogP contribution in [0.2, 0.25) is 0 Å². The van der Waals surface area contributed by atoms with Crippen LogP contribution in [0.25, 0.3) is 10.9 Å². The lowest BCUT2D eigenvalue weighted by Gasteiger charge is -2.03. The van der Waals surface area contributed by atoms with E-state index in [0.717, 1.165) is 15.4 Å². The number of hydrogen-bond donors (Lipinski definition) is 1. The molecule has 0 radical (unpaired) electrons. The topological polar surface area (TPSA) is 44.3 Å². The molecule has 0 aromatic carbocycles. The lowest BCUT2D eigenvalue weighted by atomic mass is 10.3. The summed E-state index contributed by atoms with van der Waals surface area (Å²) in [5.74, 6) is 0.691. The Bertz CT molecular complexity index is 501. The van der Waals surface area contributed by atoms with Gasteiger partial charge in [0.2, 0.25) is 0 Å². The first kappa shape index (κ1) is 10.2. The first-order valence-electron chi connectivity index (χ1n) is 4.50. The normalized spacial score (nSPS) is 11.4. The Morgan fingerprint density at radius 1 is 1.53 bits per heavy atom. The number of aromatic amines is 1. The molecule has 0 bridgehead atoms. The van der Waals surface area contributed by atoms with Gasteiger partial charge in [-0.2, -0.15) is 0 Å². The van der Waals surface area contributed by atoms with Gasteiger partial charge in [0.05, 0.1) is 22.5 Å². The smallest absolute Gasteiger partial charge is 0.168 e. The van der Waals surface area contributed by atoms with Crippen LogP contribution in [0.4, 0.5) is 5.82 Å². The fraction of sp³-hybridized carbons (Fsp3) is 0.200. The van der Waals surface area contributed by atoms with Crippen molar-refractivity contribution in [2.75, 3.05) is 14.1 Å². The fourth-order valence-corrected chi connectivity index (χ4v) is 1.79. The van der Waals surface area contributed by atoms with Crippen molar-refractivity contribution in [3.05, 3.63) is 22.9 Å². The van der Waals surface area contributed by atoms with Gasteiger partial charge in [-0.1, -0.05) is 0 Å². The molecule has 2 aromatic rings. The molecule has 0 fully saturated rings. The summed E-state index contributed by atoms with van der Waals surface area (Å²) in [6, 6.07) is 2.00. The van der Waals surface area contributed by atoms with Crippen molar-refractivity contribution in [3.63, 3.8) is 0 Å². The van der Waals surface area contributed by atoms with E-state index in [1.807, 2.05) is 31.3 Å². The van der Waals surface area contributed by atoms with E-state index in [9.17, 15) is 0 Å².